The van der Waals surface area contributed by atoms with E-state index in [1.165, 1.54) is 13.4 Å². The molecule has 1 heterocycles. The quantitative estimate of drug-likeness (QED) is 0.785. The molecule has 2 aromatic rings. The van der Waals surface area contributed by atoms with Gasteiger partial charge in [0, 0.05) is 4.47 Å². The van der Waals surface area contributed by atoms with Crippen molar-refractivity contribution in [2.75, 3.05) is 18.2 Å². The number of nitrogen functional groups attached to an aromatic ring is 1. The third-order valence-corrected chi connectivity index (χ3v) is 3.87. The number of benzene rings is 1. The predicted molar refractivity (Wildman–Crippen MR) is 79.5 cm³/mol. The minimum Gasteiger partial charge on any atom is -0.495 e. The molecule has 0 saturated carbocycles. The van der Waals surface area contributed by atoms with Crippen molar-refractivity contribution in [2.24, 2.45) is 0 Å². The summed E-state index contributed by atoms with van der Waals surface area (Å²) < 4.78 is 11.3. The predicted octanol–water partition coefficient (Wildman–Crippen LogP) is 3.65. The van der Waals surface area contributed by atoms with Crippen LogP contribution in [0.3, 0.4) is 0 Å². The summed E-state index contributed by atoms with van der Waals surface area (Å²) in [5.41, 5.74) is 6.81. The molecule has 0 saturated heterocycles. The second-order valence-electron chi connectivity index (χ2n) is 3.59. The summed E-state index contributed by atoms with van der Waals surface area (Å²) in [7, 11) is 1.52. The number of rotatable bonds is 3. The van der Waals surface area contributed by atoms with Crippen molar-refractivity contribution >= 4 is 49.1 Å². The van der Waals surface area contributed by atoms with E-state index in [2.05, 4.69) is 37.2 Å². The fourth-order valence-corrected chi connectivity index (χ4v) is 2.76. The minimum absolute atomic E-state index is 0.216. The van der Waals surface area contributed by atoms with Crippen LogP contribution in [0.2, 0.25) is 0 Å². The molecule has 0 fully saturated rings. The fraction of sp³-hybridized carbons (Fsp3) is 0.0833. The first kappa shape index (κ1) is 14.0. The van der Waals surface area contributed by atoms with Gasteiger partial charge in [0.2, 0.25) is 0 Å². The van der Waals surface area contributed by atoms with Crippen LogP contribution in [0.1, 0.15) is 10.6 Å². The van der Waals surface area contributed by atoms with E-state index in [1.54, 1.807) is 18.2 Å². The van der Waals surface area contributed by atoms with Gasteiger partial charge in [-0.3, -0.25) is 4.79 Å². The summed E-state index contributed by atoms with van der Waals surface area (Å²) in [4.78, 5) is 11.9. The van der Waals surface area contributed by atoms with Gasteiger partial charge in [0.1, 0.15) is 5.75 Å². The highest BCUT2D eigenvalue weighted by molar-refractivity contribution is 9.11. The van der Waals surface area contributed by atoms with Crippen molar-refractivity contribution in [1.82, 2.24) is 0 Å². The van der Waals surface area contributed by atoms with Gasteiger partial charge in [-0.25, -0.2) is 0 Å². The molecule has 0 aliphatic rings. The number of nitrogens with one attached hydrogen (secondary N) is 1. The van der Waals surface area contributed by atoms with Gasteiger partial charge in [-0.15, -0.1) is 0 Å². The van der Waals surface area contributed by atoms with E-state index < -0.39 is 0 Å². The van der Waals surface area contributed by atoms with Crippen LogP contribution in [0.5, 0.6) is 5.75 Å². The zero-order valence-electron chi connectivity index (χ0n) is 9.87. The van der Waals surface area contributed by atoms with Crippen molar-refractivity contribution < 1.29 is 13.9 Å². The first-order valence-corrected chi connectivity index (χ1v) is 6.79. The molecule has 3 N–H and O–H groups in total. The van der Waals surface area contributed by atoms with Crippen molar-refractivity contribution in [3.05, 3.63) is 39.2 Å². The Hall–Kier alpha value is -1.47. The molecule has 0 aliphatic carbocycles. The van der Waals surface area contributed by atoms with E-state index in [4.69, 9.17) is 14.9 Å². The summed E-state index contributed by atoms with van der Waals surface area (Å²) in [6, 6.07) is 4.89. The van der Waals surface area contributed by atoms with E-state index in [-0.39, 0.29) is 11.7 Å². The van der Waals surface area contributed by atoms with E-state index in [9.17, 15) is 4.79 Å². The van der Waals surface area contributed by atoms with Gasteiger partial charge < -0.3 is 20.2 Å². The summed E-state index contributed by atoms with van der Waals surface area (Å²) in [6.07, 6.45) is 1.43. The van der Waals surface area contributed by atoms with Crippen LogP contribution in [0, 0.1) is 0 Å². The highest BCUT2D eigenvalue weighted by Crippen LogP contribution is 2.41. The molecule has 19 heavy (non-hydrogen) atoms. The van der Waals surface area contributed by atoms with Crippen LogP contribution in [0.15, 0.2) is 37.8 Å². The Labute approximate surface area is 126 Å². The molecule has 1 aromatic heterocycles. The van der Waals surface area contributed by atoms with Gasteiger partial charge in [0.15, 0.2) is 5.76 Å². The Bertz CT molecular complexity index is 612. The van der Waals surface area contributed by atoms with Gasteiger partial charge in [-0.05, 0) is 50.1 Å². The zero-order valence-corrected chi connectivity index (χ0v) is 13.0. The minimum atomic E-state index is -0.365. The van der Waals surface area contributed by atoms with Crippen LogP contribution in [0.25, 0.3) is 0 Å². The molecule has 0 aliphatic heterocycles. The normalized spacial score (nSPS) is 10.3. The van der Waals surface area contributed by atoms with Gasteiger partial charge >= 0.3 is 0 Å². The zero-order chi connectivity index (χ0) is 14.0. The third kappa shape index (κ3) is 2.76. The molecule has 5 nitrogen and oxygen atoms in total. The first-order valence-electron chi connectivity index (χ1n) is 5.21. The summed E-state index contributed by atoms with van der Waals surface area (Å²) in [5.74, 6) is 0.360. The largest absolute Gasteiger partial charge is 0.495 e. The van der Waals surface area contributed by atoms with Crippen molar-refractivity contribution in [3.8, 4) is 5.75 Å². The second-order valence-corrected chi connectivity index (χ2v) is 5.24. The van der Waals surface area contributed by atoms with E-state index in [1.807, 2.05) is 0 Å². The van der Waals surface area contributed by atoms with E-state index in [0.717, 1.165) is 0 Å². The molecule has 0 bridgehead atoms. The van der Waals surface area contributed by atoms with Crippen LogP contribution in [-0.2, 0) is 0 Å². The molecule has 0 spiro atoms. The molecular weight excluding hydrogens is 380 g/mol. The topological polar surface area (TPSA) is 77.5 Å². The summed E-state index contributed by atoms with van der Waals surface area (Å²) in [6.45, 7) is 0. The SMILES string of the molecule is COc1cc(Br)c(NC(=O)c2ccco2)c(Br)c1N. The number of amides is 1. The van der Waals surface area contributed by atoms with Gasteiger partial charge in [0.05, 0.1) is 29.2 Å². The number of hydrogen-bond acceptors (Lipinski definition) is 4. The number of carbonyl (C=O) groups excluding carboxylic acids is 1. The maximum absolute atomic E-state index is 11.9. The monoisotopic (exact) mass is 388 g/mol. The molecule has 100 valence electrons. The molecule has 0 radical (unpaired) electrons. The number of nitrogens with two attached hydrogens (primary N) is 1. The van der Waals surface area contributed by atoms with E-state index >= 15 is 0 Å². The average Bonchev–Trinajstić information content (AvgIpc) is 2.92. The van der Waals surface area contributed by atoms with Crippen molar-refractivity contribution in [1.29, 1.82) is 0 Å². The highest BCUT2D eigenvalue weighted by Gasteiger charge is 2.17. The summed E-state index contributed by atoms with van der Waals surface area (Å²) >= 11 is 6.69. The average molecular weight is 390 g/mol. The smallest absolute Gasteiger partial charge is 0.291 e. The van der Waals surface area contributed by atoms with Gasteiger partial charge in [0.25, 0.3) is 5.91 Å². The molecule has 7 heteroatoms. The lowest BCUT2D eigenvalue weighted by atomic mass is 10.2. The Morgan fingerprint density at radius 1 is 1.47 bits per heavy atom. The fourth-order valence-electron chi connectivity index (χ4n) is 1.48. The van der Waals surface area contributed by atoms with Crippen LogP contribution >= 0.6 is 31.9 Å². The molecule has 2 rings (SSSR count). The molecule has 1 aromatic carbocycles. The summed E-state index contributed by atoms with van der Waals surface area (Å²) in [5, 5.41) is 2.71. The van der Waals surface area contributed by atoms with Gasteiger partial charge in [-0.2, -0.15) is 0 Å². The molecular formula is C12H10Br2N2O3. The molecule has 0 unspecified atom stereocenters. The number of methoxy groups -OCH3 is 1. The number of furan rings is 1. The maximum Gasteiger partial charge on any atom is 0.291 e. The molecule has 1 amide bonds. The number of anilines is 2. The lowest BCUT2D eigenvalue weighted by Gasteiger charge is -2.13. The Kier molecular flexibility index (Phi) is 4.16. The lowest BCUT2D eigenvalue weighted by molar-refractivity contribution is 0.0996. The van der Waals surface area contributed by atoms with Crippen LogP contribution in [-0.4, -0.2) is 13.0 Å². The number of halogens is 2. The lowest BCUT2D eigenvalue weighted by Crippen LogP contribution is -2.12. The Balaban J connectivity index is 2.36. The standard InChI is InChI=1S/C12H10Br2N2O3/c1-18-8-5-6(13)11(9(14)10(8)15)16-12(17)7-3-2-4-19-7/h2-5H,15H2,1H3,(H,16,17). The van der Waals surface area contributed by atoms with Crippen molar-refractivity contribution in [2.45, 2.75) is 0 Å². The second kappa shape index (κ2) is 5.66. The number of carbonyl (C=O) groups is 1. The molecule has 0 atom stereocenters. The van der Waals surface area contributed by atoms with E-state index in [0.29, 0.717) is 26.1 Å². The van der Waals surface area contributed by atoms with Crippen molar-refractivity contribution in [3.63, 3.8) is 0 Å². The maximum atomic E-state index is 11.9. The van der Waals surface area contributed by atoms with Gasteiger partial charge in [-0.1, -0.05) is 0 Å². The highest BCUT2D eigenvalue weighted by atomic mass is 79.9. The third-order valence-electron chi connectivity index (χ3n) is 2.42. The number of hydrogen-bond donors (Lipinski definition) is 2. The van der Waals surface area contributed by atoms with Crippen LogP contribution < -0.4 is 15.8 Å². The van der Waals surface area contributed by atoms with Crippen LogP contribution in [0.4, 0.5) is 11.4 Å². The first-order chi connectivity index (χ1) is 9.04. The Morgan fingerprint density at radius 2 is 2.21 bits per heavy atom. The number of ether oxygens (including phenoxy) is 1. The Morgan fingerprint density at radius 3 is 2.79 bits per heavy atom.